The molecule has 28 heavy (non-hydrogen) atoms. The molecule has 6 heteroatoms. The van der Waals surface area contributed by atoms with Gasteiger partial charge in [-0.3, -0.25) is 4.79 Å². The number of para-hydroxylation sites is 1. The topological polar surface area (TPSA) is 72.1 Å². The van der Waals surface area contributed by atoms with E-state index in [1.807, 2.05) is 56.0 Å². The number of rotatable bonds is 5. The van der Waals surface area contributed by atoms with Crippen molar-refractivity contribution in [3.05, 3.63) is 53.9 Å². The summed E-state index contributed by atoms with van der Waals surface area (Å²) >= 11 is 0. The van der Waals surface area contributed by atoms with Crippen molar-refractivity contribution in [3.63, 3.8) is 0 Å². The quantitative estimate of drug-likeness (QED) is 0.674. The van der Waals surface area contributed by atoms with Crippen LogP contribution in [0.3, 0.4) is 0 Å². The van der Waals surface area contributed by atoms with Crippen LogP contribution in [0.1, 0.15) is 43.9 Å². The lowest BCUT2D eigenvalue weighted by molar-refractivity contribution is 0.0711. The van der Waals surface area contributed by atoms with Gasteiger partial charge in [0.15, 0.2) is 0 Å². The third-order valence-corrected chi connectivity index (χ3v) is 4.79. The van der Waals surface area contributed by atoms with Gasteiger partial charge in [-0.25, -0.2) is 9.97 Å². The maximum atomic E-state index is 12.9. The fourth-order valence-electron chi connectivity index (χ4n) is 3.41. The Bertz CT molecular complexity index is 987. The van der Waals surface area contributed by atoms with Crippen LogP contribution in [0.25, 0.3) is 22.0 Å². The zero-order valence-corrected chi connectivity index (χ0v) is 17.6. The summed E-state index contributed by atoms with van der Waals surface area (Å²) in [5.74, 6) is 0.463. The predicted octanol–water partition coefficient (Wildman–Crippen LogP) is 4.73. The number of nitrogens with two attached hydrogens (primary N) is 1. The number of hydrogen-bond donors (Lipinski definition) is 1. The van der Waals surface area contributed by atoms with Crippen LogP contribution in [0.4, 0.5) is 5.82 Å². The molecule has 0 saturated carbocycles. The summed E-state index contributed by atoms with van der Waals surface area (Å²) in [7, 11) is 0. The molecule has 0 radical (unpaired) electrons. The number of benzene rings is 1. The molecule has 2 N–H and O–H groups in total. The van der Waals surface area contributed by atoms with Crippen molar-refractivity contribution in [2.24, 2.45) is 0 Å². The molecule has 2 heterocycles. The van der Waals surface area contributed by atoms with Gasteiger partial charge in [0, 0.05) is 29.1 Å². The molecule has 1 amide bonds. The molecule has 148 valence electrons. The molecule has 0 unspecified atom stereocenters. The number of aromatic nitrogens is 2. The highest BCUT2D eigenvalue weighted by atomic mass is 35.5. The van der Waals surface area contributed by atoms with Crippen LogP contribution in [0.2, 0.25) is 0 Å². The number of carbonyl (C=O) groups is 1. The van der Waals surface area contributed by atoms with E-state index in [4.69, 9.17) is 10.7 Å². The number of pyridine rings is 2. The van der Waals surface area contributed by atoms with E-state index in [0.717, 1.165) is 34.1 Å². The summed E-state index contributed by atoms with van der Waals surface area (Å²) in [5, 5.41) is 0.996. The first-order valence-corrected chi connectivity index (χ1v) is 9.42. The van der Waals surface area contributed by atoms with Crippen molar-refractivity contribution >= 4 is 35.0 Å². The fourth-order valence-corrected chi connectivity index (χ4v) is 3.41. The van der Waals surface area contributed by atoms with Crippen LogP contribution in [0, 0.1) is 0 Å². The molecule has 0 aliphatic carbocycles. The van der Waals surface area contributed by atoms with Gasteiger partial charge in [-0.05, 0) is 45.4 Å². The average Bonchev–Trinajstić information content (AvgIpc) is 2.67. The van der Waals surface area contributed by atoms with E-state index >= 15 is 0 Å². The van der Waals surface area contributed by atoms with Crippen LogP contribution in [0.5, 0.6) is 0 Å². The van der Waals surface area contributed by atoms with Crippen molar-refractivity contribution < 1.29 is 4.79 Å². The number of aryl methyl sites for hydroxylation is 1. The third-order valence-electron chi connectivity index (χ3n) is 4.79. The van der Waals surface area contributed by atoms with Gasteiger partial charge in [-0.2, -0.15) is 0 Å². The number of halogens is 1. The van der Waals surface area contributed by atoms with E-state index in [-0.39, 0.29) is 24.4 Å². The summed E-state index contributed by atoms with van der Waals surface area (Å²) in [6, 6.07) is 13.7. The smallest absolute Gasteiger partial charge is 0.272 e. The first-order valence-electron chi connectivity index (χ1n) is 9.42. The maximum absolute atomic E-state index is 12.9. The number of amides is 1. The Balaban J connectivity index is 0.00000280. The molecule has 0 atom stereocenters. The van der Waals surface area contributed by atoms with Crippen LogP contribution < -0.4 is 5.73 Å². The number of hydrogen-bond acceptors (Lipinski definition) is 4. The van der Waals surface area contributed by atoms with Crippen molar-refractivity contribution in [1.82, 2.24) is 14.9 Å². The minimum absolute atomic E-state index is 0. The van der Waals surface area contributed by atoms with Crippen LogP contribution >= 0.6 is 12.4 Å². The molecule has 0 aliphatic heterocycles. The number of carbonyl (C=O) groups excluding carboxylic acids is 1. The van der Waals surface area contributed by atoms with Crippen LogP contribution in [0.15, 0.2) is 42.5 Å². The summed E-state index contributed by atoms with van der Waals surface area (Å²) in [4.78, 5) is 24.0. The van der Waals surface area contributed by atoms with Gasteiger partial charge in [0.1, 0.15) is 11.5 Å². The molecule has 3 aromatic rings. The molecule has 0 fully saturated rings. The van der Waals surface area contributed by atoms with Gasteiger partial charge < -0.3 is 10.6 Å². The molecule has 0 spiro atoms. The second kappa shape index (κ2) is 9.02. The Kier molecular flexibility index (Phi) is 6.97. The Labute approximate surface area is 172 Å². The lowest BCUT2D eigenvalue weighted by Gasteiger charge is -2.24. The van der Waals surface area contributed by atoms with Gasteiger partial charge >= 0.3 is 0 Å². The first-order chi connectivity index (χ1) is 13.0. The molecular weight excluding hydrogens is 372 g/mol. The maximum Gasteiger partial charge on any atom is 0.272 e. The zero-order valence-electron chi connectivity index (χ0n) is 16.8. The monoisotopic (exact) mass is 398 g/mol. The highest BCUT2D eigenvalue weighted by molar-refractivity contribution is 5.99. The molecule has 0 aliphatic rings. The van der Waals surface area contributed by atoms with Crippen molar-refractivity contribution in [3.8, 4) is 11.1 Å². The summed E-state index contributed by atoms with van der Waals surface area (Å²) in [6.45, 7) is 8.72. The molecule has 2 aromatic heterocycles. The fraction of sp³-hybridized carbons (Fsp3) is 0.318. The molecule has 3 rings (SSSR count). The first kappa shape index (κ1) is 21.6. The lowest BCUT2D eigenvalue weighted by atomic mass is 9.99. The predicted molar refractivity (Wildman–Crippen MR) is 118 cm³/mol. The molecular formula is C22H27ClN4O. The van der Waals surface area contributed by atoms with Crippen molar-refractivity contribution in [1.29, 1.82) is 0 Å². The lowest BCUT2D eigenvalue weighted by Crippen LogP contribution is -2.37. The van der Waals surface area contributed by atoms with Gasteiger partial charge in [0.05, 0.1) is 11.2 Å². The largest absolute Gasteiger partial charge is 0.384 e. The van der Waals surface area contributed by atoms with Gasteiger partial charge in [0.2, 0.25) is 0 Å². The highest BCUT2D eigenvalue weighted by Crippen LogP contribution is 2.30. The average molecular weight is 399 g/mol. The molecule has 5 nitrogen and oxygen atoms in total. The van der Waals surface area contributed by atoms with E-state index < -0.39 is 0 Å². The van der Waals surface area contributed by atoms with Gasteiger partial charge in [-0.1, -0.05) is 31.2 Å². The molecule has 0 saturated heterocycles. The van der Waals surface area contributed by atoms with E-state index in [0.29, 0.717) is 18.1 Å². The van der Waals surface area contributed by atoms with Crippen molar-refractivity contribution in [2.75, 3.05) is 12.3 Å². The molecule has 0 bridgehead atoms. The van der Waals surface area contributed by atoms with E-state index in [1.165, 1.54) is 0 Å². The van der Waals surface area contributed by atoms with E-state index in [9.17, 15) is 4.79 Å². The zero-order chi connectivity index (χ0) is 19.6. The number of anilines is 1. The van der Waals surface area contributed by atoms with E-state index in [1.54, 1.807) is 12.1 Å². The van der Waals surface area contributed by atoms with E-state index in [2.05, 4.69) is 11.9 Å². The minimum atomic E-state index is -0.0460. The van der Waals surface area contributed by atoms with Gasteiger partial charge in [-0.15, -0.1) is 12.4 Å². The van der Waals surface area contributed by atoms with Crippen LogP contribution in [-0.2, 0) is 6.42 Å². The number of nitrogen functional groups attached to an aromatic ring is 1. The Morgan fingerprint density at radius 3 is 2.43 bits per heavy atom. The summed E-state index contributed by atoms with van der Waals surface area (Å²) in [5.41, 5.74) is 10.0. The summed E-state index contributed by atoms with van der Waals surface area (Å²) in [6.07, 6.45) is 0.770. The van der Waals surface area contributed by atoms with Crippen molar-refractivity contribution in [2.45, 2.75) is 40.2 Å². The normalized spacial score (nSPS) is 10.8. The minimum Gasteiger partial charge on any atom is -0.384 e. The SMILES string of the molecule is CCc1nc(N)ccc1-c1cccc2ccc(C(=O)N(CC)C(C)C)nc12.Cl. The Hall–Kier alpha value is -2.66. The number of nitrogens with zero attached hydrogens (tertiary/aromatic N) is 3. The molecule has 1 aromatic carbocycles. The third kappa shape index (κ3) is 4.09. The Morgan fingerprint density at radius 2 is 1.79 bits per heavy atom. The second-order valence-electron chi connectivity index (χ2n) is 6.84. The van der Waals surface area contributed by atoms with Crippen LogP contribution in [-0.4, -0.2) is 33.4 Å². The highest BCUT2D eigenvalue weighted by Gasteiger charge is 2.19. The number of fused-ring (bicyclic) bond motifs is 1. The van der Waals surface area contributed by atoms with Gasteiger partial charge in [0.25, 0.3) is 5.91 Å². The second-order valence-corrected chi connectivity index (χ2v) is 6.84. The standard InChI is InChI=1S/C22H26N4O.ClH/c1-5-18-16(11-13-20(23)24-18)17-9-7-8-15-10-12-19(25-21(15)17)22(27)26(6-2)14(3)4;/h7-14H,5-6H2,1-4H3,(H2,23,24);1H. The Morgan fingerprint density at radius 1 is 1.04 bits per heavy atom. The summed E-state index contributed by atoms with van der Waals surface area (Å²) < 4.78 is 0.